The molecule has 0 atom stereocenters. The highest BCUT2D eigenvalue weighted by molar-refractivity contribution is 7.98. The van der Waals surface area contributed by atoms with Crippen molar-refractivity contribution in [3.63, 3.8) is 0 Å². The summed E-state index contributed by atoms with van der Waals surface area (Å²) in [5.41, 5.74) is 5.09. The maximum Gasteiger partial charge on any atom is 0.191 e. The Labute approximate surface area is 123 Å². The topological polar surface area (TPSA) is 67.1 Å². The van der Waals surface area contributed by atoms with Gasteiger partial charge in [0.1, 0.15) is 11.6 Å². The average Bonchev–Trinajstić information content (AvgIpc) is 2.46. The fourth-order valence-corrected chi connectivity index (χ4v) is 2.31. The summed E-state index contributed by atoms with van der Waals surface area (Å²) in [5, 5.41) is 0.701. The van der Waals surface area contributed by atoms with Gasteiger partial charge in [0.25, 0.3) is 0 Å². The standard InChI is InChI=1S/C14H19N5S/c1-10-5-4-6-11(7-10)9-19(2)13-8-12(18-15)16-14(17-13)20-3/h4-8H,9,15H2,1-3H3,(H,16,17,18). The molecule has 0 fully saturated rings. The van der Waals surface area contributed by atoms with Gasteiger partial charge in [-0.1, -0.05) is 41.6 Å². The van der Waals surface area contributed by atoms with Crippen molar-refractivity contribution in [1.29, 1.82) is 0 Å². The van der Waals surface area contributed by atoms with Gasteiger partial charge in [0.05, 0.1) is 0 Å². The minimum Gasteiger partial charge on any atom is -0.355 e. The number of aryl methyl sites for hydroxylation is 1. The summed E-state index contributed by atoms with van der Waals surface area (Å²) >= 11 is 1.49. The molecule has 3 N–H and O–H groups in total. The van der Waals surface area contributed by atoms with Crippen LogP contribution in [0.15, 0.2) is 35.5 Å². The normalized spacial score (nSPS) is 10.4. The largest absolute Gasteiger partial charge is 0.355 e. The summed E-state index contributed by atoms with van der Waals surface area (Å²) in [6.07, 6.45) is 1.94. The van der Waals surface area contributed by atoms with Crippen LogP contribution in [0.5, 0.6) is 0 Å². The van der Waals surface area contributed by atoms with E-state index in [4.69, 9.17) is 5.84 Å². The zero-order valence-corrected chi connectivity index (χ0v) is 12.7. The summed E-state index contributed by atoms with van der Waals surface area (Å²) in [6.45, 7) is 2.88. The van der Waals surface area contributed by atoms with Crippen molar-refractivity contribution < 1.29 is 0 Å². The fraction of sp³-hybridized carbons (Fsp3) is 0.286. The molecule has 2 aromatic rings. The van der Waals surface area contributed by atoms with Gasteiger partial charge < -0.3 is 10.3 Å². The average molecular weight is 289 g/mol. The van der Waals surface area contributed by atoms with Crippen LogP contribution < -0.4 is 16.2 Å². The molecule has 0 saturated heterocycles. The Balaban J connectivity index is 2.22. The number of benzene rings is 1. The van der Waals surface area contributed by atoms with Crippen LogP contribution >= 0.6 is 11.8 Å². The van der Waals surface area contributed by atoms with Crippen molar-refractivity contribution in [2.24, 2.45) is 5.84 Å². The lowest BCUT2D eigenvalue weighted by atomic mass is 10.1. The van der Waals surface area contributed by atoms with Crippen LogP contribution in [-0.2, 0) is 6.54 Å². The molecule has 20 heavy (non-hydrogen) atoms. The van der Waals surface area contributed by atoms with Crippen LogP contribution in [0.1, 0.15) is 11.1 Å². The molecule has 0 aliphatic heterocycles. The van der Waals surface area contributed by atoms with Gasteiger partial charge in [0.15, 0.2) is 5.16 Å². The summed E-state index contributed by atoms with van der Waals surface area (Å²) < 4.78 is 0. The maximum absolute atomic E-state index is 5.45. The molecule has 1 aromatic carbocycles. The number of aromatic nitrogens is 2. The molecule has 0 bridgehead atoms. The van der Waals surface area contributed by atoms with Crippen molar-refractivity contribution in [2.45, 2.75) is 18.6 Å². The van der Waals surface area contributed by atoms with Crippen molar-refractivity contribution in [1.82, 2.24) is 9.97 Å². The highest BCUT2D eigenvalue weighted by Crippen LogP contribution is 2.20. The number of nitrogen functional groups attached to an aromatic ring is 1. The van der Waals surface area contributed by atoms with E-state index < -0.39 is 0 Å². The molecule has 6 heteroatoms. The van der Waals surface area contributed by atoms with E-state index in [9.17, 15) is 0 Å². The number of hydrogen-bond donors (Lipinski definition) is 2. The van der Waals surface area contributed by atoms with Gasteiger partial charge in [-0.3, -0.25) is 0 Å². The Morgan fingerprint density at radius 1 is 1.30 bits per heavy atom. The van der Waals surface area contributed by atoms with Gasteiger partial charge in [-0.05, 0) is 18.7 Å². The molecule has 0 radical (unpaired) electrons. The first-order valence-corrected chi connectivity index (χ1v) is 7.51. The molecule has 1 aromatic heterocycles. The Hall–Kier alpha value is -1.79. The number of nitrogens with one attached hydrogen (secondary N) is 1. The third-order valence-corrected chi connectivity index (χ3v) is 3.46. The van der Waals surface area contributed by atoms with Crippen LogP contribution in [0.25, 0.3) is 0 Å². The summed E-state index contributed by atoms with van der Waals surface area (Å²) in [7, 11) is 2.01. The predicted molar refractivity (Wildman–Crippen MR) is 84.9 cm³/mol. The number of anilines is 2. The minimum absolute atomic E-state index is 0.621. The van der Waals surface area contributed by atoms with E-state index in [2.05, 4.69) is 51.5 Å². The van der Waals surface area contributed by atoms with Gasteiger partial charge >= 0.3 is 0 Å². The number of hydrazine groups is 1. The number of nitrogens with two attached hydrogens (primary N) is 1. The van der Waals surface area contributed by atoms with Gasteiger partial charge in [-0.25, -0.2) is 15.8 Å². The minimum atomic E-state index is 0.621. The van der Waals surface area contributed by atoms with E-state index in [1.807, 2.05) is 19.4 Å². The monoisotopic (exact) mass is 289 g/mol. The quantitative estimate of drug-likeness (QED) is 0.381. The van der Waals surface area contributed by atoms with Gasteiger partial charge in [-0.15, -0.1) is 0 Å². The van der Waals surface area contributed by atoms with E-state index in [1.165, 1.54) is 22.9 Å². The molecule has 5 nitrogen and oxygen atoms in total. The number of nitrogens with zero attached hydrogens (tertiary/aromatic N) is 3. The zero-order valence-electron chi connectivity index (χ0n) is 11.9. The van der Waals surface area contributed by atoms with Crippen LogP contribution in [0.2, 0.25) is 0 Å². The molecule has 2 rings (SSSR count). The molecule has 0 amide bonds. The number of hydrogen-bond acceptors (Lipinski definition) is 6. The lowest BCUT2D eigenvalue weighted by Crippen LogP contribution is -2.19. The van der Waals surface area contributed by atoms with Crippen molar-refractivity contribution in [2.75, 3.05) is 23.6 Å². The Bertz CT molecular complexity index is 565. The summed E-state index contributed by atoms with van der Waals surface area (Å²) in [4.78, 5) is 10.8. The van der Waals surface area contributed by atoms with E-state index in [-0.39, 0.29) is 0 Å². The second-order valence-electron chi connectivity index (χ2n) is 4.59. The molecular weight excluding hydrogens is 270 g/mol. The lowest BCUT2D eigenvalue weighted by Gasteiger charge is -2.19. The Kier molecular flexibility index (Phi) is 4.81. The molecule has 0 spiro atoms. The van der Waals surface area contributed by atoms with E-state index in [1.54, 1.807) is 0 Å². The molecule has 0 aliphatic rings. The van der Waals surface area contributed by atoms with Crippen LogP contribution in [0.3, 0.4) is 0 Å². The zero-order chi connectivity index (χ0) is 14.5. The SMILES string of the molecule is CSc1nc(NN)cc(N(C)Cc2cccc(C)c2)n1. The fourth-order valence-electron chi connectivity index (χ4n) is 1.94. The maximum atomic E-state index is 5.45. The first kappa shape index (κ1) is 14.6. The molecule has 0 unspecified atom stereocenters. The first-order valence-electron chi connectivity index (χ1n) is 6.28. The van der Waals surface area contributed by atoms with Gasteiger partial charge in [0, 0.05) is 19.7 Å². The predicted octanol–water partition coefficient (Wildman–Crippen LogP) is 2.43. The first-order chi connectivity index (χ1) is 9.62. The Morgan fingerprint density at radius 3 is 2.75 bits per heavy atom. The van der Waals surface area contributed by atoms with Gasteiger partial charge in [0.2, 0.25) is 0 Å². The third kappa shape index (κ3) is 3.61. The smallest absolute Gasteiger partial charge is 0.191 e. The van der Waals surface area contributed by atoms with Crippen molar-refractivity contribution >= 4 is 23.4 Å². The highest BCUT2D eigenvalue weighted by atomic mass is 32.2. The summed E-state index contributed by atoms with van der Waals surface area (Å²) in [6, 6.07) is 10.3. The molecule has 0 aliphatic carbocycles. The van der Waals surface area contributed by atoms with E-state index in [0.29, 0.717) is 11.0 Å². The third-order valence-electron chi connectivity index (χ3n) is 2.92. The number of thioether (sulfide) groups is 1. The van der Waals surface area contributed by atoms with E-state index >= 15 is 0 Å². The van der Waals surface area contributed by atoms with Crippen LogP contribution in [0.4, 0.5) is 11.6 Å². The Morgan fingerprint density at radius 2 is 2.10 bits per heavy atom. The summed E-state index contributed by atoms with van der Waals surface area (Å²) in [5.74, 6) is 6.91. The molecular formula is C14H19N5S. The number of rotatable bonds is 5. The van der Waals surface area contributed by atoms with Crippen molar-refractivity contribution in [3.8, 4) is 0 Å². The van der Waals surface area contributed by atoms with Crippen molar-refractivity contribution in [3.05, 3.63) is 41.5 Å². The van der Waals surface area contributed by atoms with Gasteiger partial charge in [-0.2, -0.15) is 0 Å². The second kappa shape index (κ2) is 6.58. The van der Waals surface area contributed by atoms with Crippen LogP contribution in [-0.4, -0.2) is 23.3 Å². The van der Waals surface area contributed by atoms with E-state index in [0.717, 1.165) is 12.4 Å². The molecule has 0 saturated carbocycles. The molecule has 106 valence electrons. The molecule has 1 heterocycles. The van der Waals surface area contributed by atoms with Crippen LogP contribution in [0, 0.1) is 6.92 Å². The second-order valence-corrected chi connectivity index (χ2v) is 5.36. The highest BCUT2D eigenvalue weighted by Gasteiger charge is 2.08. The lowest BCUT2D eigenvalue weighted by molar-refractivity contribution is 0.856.